The Morgan fingerprint density at radius 3 is 1.50 bits per heavy atom. The van der Waals surface area contributed by atoms with Crippen LogP contribution in [0.4, 0.5) is 0 Å². The molecule has 19 heteroatoms. The number of epoxide rings is 1. The van der Waals surface area contributed by atoms with Crippen molar-refractivity contribution in [1.29, 1.82) is 0 Å². The van der Waals surface area contributed by atoms with E-state index in [1.54, 1.807) is 0 Å². The van der Waals surface area contributed by atoms with E-state index >= 15 is 0 Å². The van der Waals surface area contributed by atoms with Crippen molar-refractivity contribution in [3.8, 4) is 0 Å². The second-order valence-electron chi connectivity index (χ2n) is 18.3. The molecule has 0 spiro atoms. The third kappa shape index (κ3) is 31.3. The zero-order valence-corrected chi connectivity index (χ0v) is 43.7. The maximum absolute atomic E-state index is 13.0. The van der Waals surface area contributed by atoms with Gasteiger partial charge in [0.15, 0.2) is 6.10 Å². The first-order valence-corrected chi connectivity index (χ1v) is 29.0. The fraction of sp³-hybridized carbons (Fsp3) is 0.765. The predicted molar refractivity (Wildman–Crippen MR) is 268 cm³/mol. The highest BCUT2D eigenvalue weighted by Gasteiger charge is 2.54. The van der Waals surface area contributed by atoms with E-state index in [2.05, 4.69) is 67.0 Å². The summed E-state index contributed by atoms with van der Waals surface area (Å²) in [7, 11) is -10.7. The van der Waals surface area contributed by atoms with Gasteiger partial charge in [0.05, 0.1) is 18.8 Å². The third-order valence-electron chi connectivity index (χ3n) is 12.0. The van der Waals surface area contributed by atoms with Gasteiger partial charge in [-0.1, -0.05) is 145 Å². The molecule has 0 aromatic rings. The van der Waals surface area contributed by atoms with Crippen molar-refractivity contribution in [1.82, 2.24) is 0 Å². The summed E-state index contributed by atoms with van der Waals surface area (Å²) in [6.45, 7) is 3.01. The van der Waals surface area contributed by atoms with Crippen LogP contribution in [-0.4, -0.2) is 115 Å². The number of phosphoric ester groups is 2. The summed E-state index contributed by atoms with van der Waals surface area (Å²) in [5, 5.41) is 41.3. The number of carbonyl (C=O) groups excluding carboxylic acids is 2. The van der Waals surface area contributed by atoms with Gasteiger partial charge in [-0.15, -0.1) is 0 Å². The minimum absolute atomic E-state index is 0.0400. The molecule has 7 unspecified atom stereocenters. The fourth-order valence-corrected chi connectivity index (χ4v) is 9.33. The Morgan fingerprint density at radius 2 is 0.957 bits per heavy atom. The molecule has 1 saturated heterocycles. The molecule has 1 heterocycles. The van der Waals surface area contributed by atoms with Crippen LogP contribution in [0.15, 0.2) is 60.8 Å². The van der Waals surface area contributed by atoms with E-state index in [0.29, 0.717) is 19.3 Å². The summed E-state index contributed by atoms with van der Waals surface area (Å²) in [5.41, 5.74) is 0. The zero-order valence-electron chi connectivity index (χ0n) is 41.9. The Bertz CT molecular complexity index is 1650. The summed E-state index contributed by atoms with van der Waals surface area (Å²) in [6.07, 6.45) is 32.0. The number of unbranched alkanes of at least 4 members (excludes halogenated alkanes) is 16. The van der Waals surface area contributed by atoms with Crippen LogP contribution in [0.5, 0.6) is 0 Å². The Kier molecular flexibility index (Phi) is 34.9. The van der Waals surface area contributed by atoms with Crippen LogP contribution in [0.2, 0.25) is 0 Å². The number of hydrogen-bond acceptors (Lipinski definition) is 14. The number of ether oxygens (including phenoxy) is 3. The molecule has 404 valence electrons. The van der Waals surface area contributed by atoms with Crippen LogP contribution >= 0.6 is 15.6 Å². The number of carbonyl (C=O) groups is 2. The van der Waals surface area contributed by atoms with Gasteiger partial charge in [0.1, 0.15) is 43.2 Å². The van der Waals surface area contributed by atoms with E-state index in [9.17, 15) is 53.8 Å². The Hall–Kier alpha value is -2.34. The van der Waals surface area contributed by atoms with Crippen LogP contribution in [0.3, 0.4) is 0 Å². The molecule has 2 aliphatic rings. The van der Waals surface area contributed by atoms with Crippen LogP contribution in [0, 0.1) is 0 Å². The SMILES string of the molecule is CCCCC/C=C\C/C=C\CCCCCCCCCCCC(=O)OC[C@H](COP(=O)(O)O[C@H]1C(O)C(O)C(O)[C@@H](OP(=O)(O)O)C1O)OC(=O)CCC/C=C\C/C=C\CC1OC1C/C=C\CCCCC. The minimum Gasteiger partial charge on any atom is -0.462 e. The monoisotopic (exact) mass is 1030 g/mol. The number of phosphoric acid groups is 2. The van der Waals surface area contributed by atoms with Gasteiger partial charge < -0.3 is 49.3 Å². The van der Waals surface area contributed by atoms with Crippen molar-refractivity contribution >= 4 is 27.6 Å². The Morgan fingerprint density at radius 1 is 0.514 bits per heavy atom. The number of aliphatic hydroxyl groups excluding tert-OH is 4. The summed E-state index contributed by atoms with van der Waals surface area (Å²) < 4.78 is 55.2. The molecular formula is C51H88O17P2. The van der Waals surface area contributed by atoms with Gasteiger partial charge >= 0.3 is 27.6 Å². The number of aliphatic hydroxyl groups is 4. The third-order valence-corrected chi connectivity index (χ3v) is 13.5. The first-order chi connectivity index (χ1) is 33.6. The van der Waals surface area contributed by atoms with Gasteiger partial charge in [-0.2, -0.15) is 0 Å². The molecule has 0 aromatic heterocycles. The molecule has 2 rings (SSSR count). The number of esters is 2. The summed E-state index contributed by atoms with van der Waals surface area (Å²) in [4.78, 5) is 54.4. The van der Waals surface area contributed by atoms with Crippen LogP contribution in [0.1, 0.15) is 181 Å². The van der Waals surface area contributed by atoms with E-state index in [1.165, 1.54) is 70.6 Å². The van der Waals surface area contributed by atoms with Crippen molar-refractivity contribution in [2.24, 2.45) is 0 Å². The lowest BCUT2D eigenvalue weighted by Gasteiger charge is -2.43. The van der Waals surface area contributed by atoms with Crippen molar-refractivity contribution < 1.29 is 81.6 Å². The minimum atomic E-state index is -5.38. The fourth-order valence-electron chi connectivity index (χ4n) is 7.80. The quantitative estimate of drug-likeness (QED) is 0.00986. The van der Waals surface area contributed by atoms with E-state index in [0.717, 1.165) is 64.2 Å². The van der Waals surface area contributed by atoms with E-state index < -0.39 is 83.5 Å². The van der Waals surface area contributed by atoms with Crippen molar-refractivity contribution in [2.75, 3.05) is 13.2 Å². The lowest BCUT2D eigenvalue weighted by molar-refractivity contribution is -0.216. The number of rotatable bonds is 42. The van der Waals surface area contributed by atoms with E-state index in [-0.39, 0.29) is 25.0 Å². The first-order valence-electron chi connectivity index (χ1n) is 26.0. The average Bonchev–Trinajstić information content (AvgIpc) is 4.08. The van der Waals surface area contributed by atoms with Crippen molar-refractivity contribution in [3.05, 3.63) is 60.8 Å². The zero-order chi connectivity index (χ0) is 51.5. The van der Waals surface area contributed by atoms with Gasteiger partial charge in [-0.05, 0) is 83.5 Å². The topological polar surface area (TPSA) is 269 Å². The van der Waals surface area contributed by atoms with Gasteiger partial charge in [0.2, 0.25) is 0 Å². The molecular weight excluding hydrogens is 946 g/mol. The highest BCUT2D eigenvalue weighted by molar-refractivity contribution is 7.47. The average molecular weight is 1040 g/mol. The molecule has 0 radical (unpaired) electrons. The maximum Gasteiger partial charge on any atom is 0.472 e. The van der Waals surface area contributed by atoms with Crippen molar-refractivity contribution in [2.45, 2.75) is 236 Å². The van der Waals surface area contributed by atoms with Crippen LogP contribution in [-0.2, 0) is 46.5 Å². The highest BCUT2D eigenvalue weighted by atomic mass is 31.2. The lowest BCUT2D eigenvalue weighted by atomic mass is 9.85. The normalized spacial score (nSPS) is 24.4. The van der Waals surface area contributed by atoms with Gasteiger partial charge in [0.25, 0.3) is 0 Å². The molecule has 1 aliphatic heterocycles. The molecule has 7 N–H and O–H groups in total. The number of hydrogen-bond donors (Lipinski definition) is 7. The Balaban J connectivity index is 1.78. The molecule has 0 amide bonds. The smallest absolute Gasteiger partial charge is 0.462 e. The second kappa shape index (κ2) is 38.3. The second-order valence-corrected chi connectivity index (χ2v) is 20.9. The van der Waals surface area contributed by atoms with Gasteiger partial charge in [0, 0.05) is 12.8 Å². The molecule has 1 saturated carbocycles. The van der Waals surface area contributed by atoms with E-state index in [4.69, 9.17) is 23.3 Å². The Labute approximate surface area is 417 Å². The van der Waals surface area contributed by atoms with Crippen molar-refractivity contribution in [3.63, 3.8) is 0 Å². The molecule has 10 atom stereocenters. The molecule has 1 aliphatic carbocycles. The maximum atomic E-state index is 13.0. The molecule has 17 nitrogen and oxygen atoms in total. The molecule has 0 bridgehead atoms. The largest absolute Gasteiger partial charge is 0.472 e. The first kappa shape index (κ1) is 63.8. The molecule has 2 fully saturated rings. The van der Waals surface area contributed by atoms with Crippen LogP contribution < -0.4 is 0 Å². The summed E-state index contributed by atoms with van der Waals surface area (Å²) in [6, 6.07) is 0. The molecule has 0 aromatic carbocycles. The molecule has 70 heavy (non-hydrogen) atoms. The van der Waals surface area contributed by atoms with E-state index in [1.807, 2.05) is 12.2 Å². The highest BCUT2D eigenvalue weighted by Crippen LogP contribution is 2.49. The summed E-state index contributed by atoms with van der Waals surface area (Å²) in [5.74, 6) is -1.28. The van der Waals surface area contributed by atoms with Crippen LogP contribution in [0.25, 0.3) is 0 Å². The standard InChI is InChI=1S/C51H88O17P2/c1-3-5-7-9-11-12-13-14-15-16-17-18-19-20-21-22-25-29-33-37-44(52)63-39-41(40-64-70(61,62)68-51-48(56)46(54)47(55)50(49(51)57)67-69(58,59)60)65-45(53)38-34-30-26-23-24-28-32-36-43-42(66-43)35-31-27-10-8-6-4-2/h11-12,14-15,23,26-28,31-32,41-43,46-51,54-57H,3-10,13,16-22,24-25,29-30,33-40H2,1-2H3,(H,61,62)(H2,58,59,60)/b12-11-,15-14-,26-23-,31-27-,32-28-/t41-,42?,43?,46?,47?,48?,49?,50-,51+/m1/s1. The van der Waals surface area contributed by atoms with Gasteiger partial charge in [-0.25, -0.2) is 9.13 Å². The number of allylic oxidation sites excluding steroid dienone is 8. The summed E-state index contributed by atoms with van der Waals surface area (Å²) >= 11 is 0. The predicted octanol–water partition coefficient (Wildman–Crippen LogP) is 9.61. The lowest BCUT2D eigenvalue weighted by Crippen LogP contribution is -2.64. The van der Waals surface area contributed by atoms with Gasteiger partial charge in [-0.3, -0.25) is 23.2 Å².